The molecule has 0 aliphatic carbocycles. The zero-order chi connectivity index (χ0) is 15.4. The lowest BCUT2D eigenvalue weighted by molar-refractivity contribution is -0.127. The number of azide groups is 1. The van der Waals surface area contributed by atoms with Gasteiger partial charge in [-0.05, 0) is 35.6 Å². The van der Waals surface area contributed by atoms with E-state index in [1.807, 2.05) is 23.1 Å². The van der Waals surface area contributed by atoms with E-state index in [1.165, 1.54) is 5.56 Å². The predicted molar refractivity (Wildman–Crippen MR) is 84.1 cm³/mol. The molecule has 0 bridgehead atoms. The SMILES string of the molecule is [N-]=[N+]=NCC1CC(=O)N(CCc2cccc3ncccc23)C1. The Labute approximate surface area is 128 Å². The minimum absolute atomic E-state index is 0.150. The van der Waals surface area contributed by atoms with Gasteiger partial charge in [0.25, 0.3) is 0 Å². The van der Waals surface area contributed by atoms with Gasteiger partial charge < -0.3 is 4.90 Å². The van der Waals surface area contributed by atoms with Gasteiger partial charge >= 0.3 is 0 Å². The molecule has 6 nitrogen and oxygen atoms in total. The first-order valence-corrected chi connectivity index (χ1v) is 7.39. The second-order valence-electron chi connectivity index (χ2n) is 5.56. The number of benzene rings is 1. The molecule has 1 amide bonds. The predicted octanol–water partition coefficient (Wildman–Crippen LogP) is 2.94. The molecular formula is C16H17N5O. The average molecular weight is 295 g/mol. The molecule has 0 radical (unpaired) electrons. The molecule has 1 unspecified atom stereocenters. The van der Waals surface area contributed by atoms with E-state index in [9.17, 15) is 4.79 Å². The summed E-state index contributed by atoms with van der Waals surface area (Å²) in [5.74, 6) is 0.300. The largest absolute Gasteiger partial charge is 0.342 e. The second-order valence-corrected chi connectivity index (χ2v) is 5.56. The first-order valence-electron chi connectivity index (χ1n) is 7.39. The van der Waals surface area contributed by atoms with E-state index in [-0.39, 0.29) is 11.8 Å². The van der Waals surface area contributed by atoms with Gasteiger partial charge in [0.2, 0.25) is 5.91 Å². The van der Waals surface area contributed by atoms with Crippen molar-refractivity contribution in [2.75, 3.05) is 19.6 Å². The number of rotatable bonds is 5. The number of fused-ring (bicyclic) bond motifs is 1. The summed E-state index contributed by atoms with van der Waals surface area (Å²) in [7, 11) is 0. The number of carbonyl (C=O) groups is 1. The number of hydrogen-bond acceptors (Lipinski definition) is 3. The number of carbonyl (C=O) groups excluding carboxylic acids is 1. The maximum Gasteiger partial charge on any atom is 0.222 e. The fourth-order valence-electron chi connectivity index (χ4n) is 2.98. The summed E-state index contributed by atoms with van der Waals surface area (Å²) in [6.07, 6.45) is 3.08. The Morgan fingerprint density at radius 2 is 2.27 bits per heavy atom. The molecule has 1 aromatic carbocycles. The van der Waals surface area contributed by atoms with Crippen LogP contribution in [-0.2, 0) is 11.2 Å². The standard InChI is InChI=1S/C16H17N5O/c17-20-19-10-12-9-16(22)21(11-12)8-6-13-3-1-5-15-14(13)4-2-7-18-15/h1-5,7,12H,6,8-11H2. The fourth-order valence-corrected chi connectivity index (χ4v) is 2.98. The van der Waals surface area contributed by atoms with Crippen molar-refractivity contribution in [3.8, 4) is 0 Å². The molecule has 1 aromatic heterocycles. The third kappa shape index (κ3) is 3.02. The summed E-state index contributed by atoms with van der Waals surface area (Å²) in [5.41, 5.74) is 10.6. The van der Waals surface area contributed by atoms with Crippen LogP contribution < -0.4 is 0 Å². The lowest BCUT2D eigenvalue weighted by atomic mass is 10.1. The lowest BCUT2D eigenvalue weighted by Crippen LogP contribution is -2.27. The van der Waals surface area contributed by atoms with Gasteiger partial charge in [0.15, 0.2) is 0 Å². The van der Waals surface area contributed by atoms with Gasteiger partial charge in [0.05, 0.1) is 5.52 Å². The topological polar surface area (TPSA) is 82.0 Å². The van der Waals surface area contributed by atoms with E-state index < -0.39 is 0 Å². The number of likely N-dealkylation sites (tertiary alicyclic amines) is 1. The molecule has 0 spiro atoms. The molecule has 1 atom stereocenters. The van der Waals surface area contributed by atoms with E-state index in [1.54, 1.807) is 6.20 Å². The van der Waals surface area contributed by atoms with Gasteiger partial charge in [0.1, 0.15) is 0 Å². The van der Waals surface area contributed by atoms with Gasteiger partial charge in [-0.15, -0.1) is 0 Å². The molecule has 112 valence electrons. The third-order valence-corrected chi connectivity index (χ3v) is 4.08. The molecule has 1 fully saturated rings. The number of aromatic nitrogens is 1. The summed E-state index contributed by atoms with van der Waals surface area (Å²) < 4.78 is 0. The Morgan fingerprint density at radius 3 is 3.14 bits per heavy atom. The third-order valence-electron chi connectivity index (χ3n) is 4.08. The average Bonchev–Trinajstić information content (AvgIpc) is 2.91. The second kappa shape index (κ2) is 6.45. The van der Waals surface area contributed by atoms with E-state index >= 15 is 0 Å². The quantitative estimate of drug-likeness (QED) is 0.482. The molecule has 1 aliphatic heterocycles. The molecule has 2 aromatic rings. The fraction of sp³-hybridized carbons (Fsp3) is 0.375. The van der Waals surface area contributed by atoms with Crippen molar-refractivity contribution in [3.05, 3.63) is 52.5 Å². The molecule has 0 N–H and O–H groups in total. The van der Waals surface area contributed by atoms with Crippen molar-refractivity contribution in [1.82, 2.24) is 9.88 Å². The van der Waals surface area contributed by atoms with E-state index in [2.05, 4.69) is 27.1 Å². The van der Waals surface area contributed by atoms with Crippen molar-refractivity contribution in [3.63, 3.8) is 0 Å². The Bertz CT molecular complexity index is 733. The Hall–Kier alpha value is -2.59. The maximum absolute atomic E-state index is 12.0. The van der Waals surface area contributed by atoms with Crippen LogP contribution in [0.25, 0.3) is 21.3 Å². The Kier molecular flexibility index (Phi) is 4.21. The monoisotopic (exact) mass is 295 g/mol. The van der Waals surface area contributed by atoms with Crippen molar-refractivity contribution >= 4 is 16.8 Å². The highest BCUT2D eigenvalue weighted by atomic mass is 16.2. The van der Waals surface area contributed by atoms with Crippen LogP contribution in [0.15, 0.2) is 41.6 Å². The van der Waals surface area contributed by atoms with E-state index in [0.29, 0.717) is 26.1 Å². The van der Waals surface area contributed by atoms with Gasteiger partial charge in [-0.25, -0.2) is 0 Å². The summed E-state index contributed by atoms with van der Waals surface area (Å²) in [5, 5.41) is 4.72. The highest BCUT2D eigenvalue weighted by molar-refractivity contribution is 5.82. The van der Waals surface area contributed by atoms with Crippen LogP contribution >= 0.6 is 0 Å². The molecule has 1 saturated heterocycles. The molecular weight excluding hydrogens is 278 g/mol. The zero-order valence-corrected chi connectivity index (χ0v) is 12.2. The minimum atomic E-state index is 0.150. The Morgan fingerprint density at radius 1 is 1.36 bits per heavy atom. The zero-order valence-electron chi connectivity index (χ0n) is 12.2. The van der Waals surface area contributed by atoms with Crippen LogP contribution in [0.4, 0.5) is 0 Å². The van der Waals surface area contributed by atoms with Crippen molar-refractivity contribution < 1.29 is 4.79 Å². The van der Waals surface area contributed by atoms with Crippen LogP contribution in [0.3, 0.4) is 0 Å². The molecule has 22 heavy (non-hydrogen) atoms. The first kappa shape index (κ1) is 14.4. The number of nitrogens with zero attached hydrogens (tertiary/aromatic N) is 5. The lowest BCUT2D eigenvalue weighted by Gasteiger charge is -2.17. The molecule has 2 heterocycles. The summed E-state index contributed by atoms with van der Waals surface area (Å²) >= 11 is 0. The number of amides is 1. The minimum Gasteiger partial charge on any atom is -0.342 e. The summed E-state index contributed by atoms with van der Waals surface area (Å²) in [6.45, 7) is 1.78. The smallest absolute Gasteiger partial charge is 0.222 e. The summed E-state index contributed by atoms with van der Waals surface area (Å²) in [4.78, 5) is 21.0. The van der Waals surface area contributed by atoms with Gasteiger partial charge in [-0.1, -0.05) is 23.3 Å². The van der Waals surface area contributed by atoms with E-state index in [0.717, 1.165) is 17.3 Å². The van der Waals surface area contributed by atoms with Crippen LogP contribution in [0.1, 0.15) is 12.0 Å². The van der Waals surface area contributed by atoms with Crippen molar-refractivity contribution in [2.24, 2.45) is 11.0 Å². The normalized spacial score (nSPS) is 17.7. The first-order chi connectivity index (χ1) is 10.8. The molecule has 3 rings (SSSR count). The van der Waals surface area contributed by atoms with Gasteiger partial charge in [-0.3, -0.25) is 9.78 Å². The highest BCUT2D eigenvalue weighted by Crippen LogP contribution is 2.21. The number of pyridine rings is 1. The van der Waals surface area contributed by atoms with Gasteiger partial charge in [-0.2, -0.15) is 0 Å². The van der Waals surface area contributed by atoms with Crippen LogP contribution in [0.2, 0.25) is 0 Å². The van der Waals surface area contributed by atoms with Crippen LogP contribution in [0, 0.1) is 5.92 Å². The molecule has 0 saturated carbocycles. The van der Waals surface area contributed by atoms with Crippen LogP contribution in [-0.4, -0.2) is 35.4 Å². The summed E-state index contributed by atoms with van der Waals surface area (Å²) in [6, 6.07) is 10.1. The van der Waals surface area contributed by atoms with Crippen LogP contribution in [0.5, 0.6) is 0 Å². The number of hydrogen-bond donors (Lipinski definition) is 0. The van der Waals surface area contributed by atoms with E-state index in [4.69, 9.17) is 5.53 Å². The molecule has 6 heteroatoms. The van der Waals surface area contributed by atoms with Crippen molar-refractivity contribution in [2.45, 2.75) is 12.8 Å². The highest BCUT2D eigenvalue weighted by Gasteiger charge is 2.28. The van der Waals surface area contributed by atoms with Crippen molar-refractivity contribution in [1.29, 1.82) is 0 Å². The maximum atomic E-state index is 12.0. The molecule has 1 aliphatic rings. The Balaban J connectivity index is 1.67. The van der Waals surface area contributed by atoms with Gasteiger partial charge in [0, 0.05) is 42.5 Å².